The van der Waals surface area contributed by atoms with Crippen LogP contribution in [0.1, 0.15) is 18.9 Å². The summed E-state index contributed by atoms with van der Waals surface area (Å²) in [4.78, 5) is 15.5. The largest absolute Gasteiger partial charge is 0.363 e. The number of hydrogen-bond acceptors (Lipinski definition) is 4. The van der Waals surface area contributed by atoms with Gasteiger partial charge in [0.2, 0.25) is 5.72 Å². The van der Waals surface area contributed by atoms with E-state index in [1.54, 1.807) is 18.0 Å². The van der Waals surface area contributed by atoms with Crippen molar-refractivity contribution in [2.24, 2.45) is 4.99 Å². The molecule has 96 valence electrons. The molecule has 1 heterocycles. The number of nitrogens with zero attached hydrogens (tertiary/aromatic N) is 1. The summed E-state index contributed by atoms with van der Waals surface area (Å²) < 4.78 is 0. The molecule has 18 heavy (non-hydrogen) atoms. The van der Waals surface area contributed by atoms with Crippen molar-refractivity contribution < 1.29 is 9.90 Å². The van der Waals surface area contributed by atoms with E-state index in [4.69, 9.17) is 11.6 Å². The van der Waals surface area contributed by atoms with E-state index < -0.39 is 5.72 Å². The first-order valence-corrected chi connectivity index (χ1v) is 7.07. The number of Topliss-reactive ketones (excluding diaryl/α,β-unsaturated/α-hetero) is 1. The zero-order valence-corrected chi connectivity index (χ0v) is 11.5. The molecule has 1 N–H and O–H groups in total. The van der Waals surface area contributed by atoms with Gasteiger partial charge in [0.1, 0.15) is 0 Å². The van der Waals surface area contributed by atoms with Gasteiger partial charge in [0.25, 0.3) is 0 Å². The van der Waals surface area contributed by atoms with Crippen molar-refractivity contribution in [1.29, 1.82) is 0 Å². The zero-order chi connectivity index (χ0) is 13.2. The lowest BCUT2D eigenvalue weighted by Crippen LogP contribution is -2.39. The molecule has 0 saturated carbocycles. The van der Waals surface area contributed by atoms with Crippen LogP contribution in [0.5, 0.6) is 0 Å². The van der Waals surface area contributed by atoms with Crippen LogP contribution in [0.3, 0.4) is 0 Å². The van der Waals surface area contributed by atoms with E-state index in [1.165, 1.54) is 6.92 Å². The molecule has 0 amide bonds. The Kier molecular flexibility index (Phi) is 4.10. The van der Waals surface area contributed by atoms with Crippen molar-refractivity contribution in [3.63, 3.8) is 0 Å². The standard InChI is InChI=1S/C13H14ClNO2S/c1-13(17)12(16)6-11(7-15-13)18-8-9-2-4-10(14)5-3-9/h2-5,7,11,17H,6,8H2,1H3. The molecule has 0 radical (unpaired) electrons. The van der Waals surface area contributed by atoms with Crippen LogP contribution in [-0.4, -0.2) is 28.1 Å². The number of halogens is 1. The summed E-state index contributed by atoms with van der Waals surface area (Å²) in [6.07, 6.45) is 2.00. The lowest BCUT2D eigenvalue weighted by molar-refractivity contribution is -0.135. The molecule has 1 aromatic carbocycles. The van der Waals surface area contributed by atoms with E-state index in [2.05, 4.69) is 4.99 Å². The van der Waals surface area contributed by atoms with Gasteiger partial charge in [0.15, 0.2) is 5.78 Å². The molecule has 0 bridgehead atoms. The highest BCUT2D eigenvalue weighted by molar-refractivity contribution is 7.99. The normalized spacial score (nSPS) is 27.5. The summed E-state index contributed by atoms with van der Waals surface area (Å²) in [5, 5.41) is 10.4. The fraction of sp³-hybridized carbons (Fsp3) is 0.385. The van der Waals surface area contributed by atoms with Crippen LogP contribution in [0.2, 0.25) is 5.02 Å². The van der Waals surface area contributed by atoms with E-state index >= 15 is 0 Å². The van der Waals surface area contributed by atoms with Crippen molar-refractivity contribution >= 4 is 35.4 Å². The number of rotatable bonds is 3. The lowest BCUT2D eigenvalue weighted by atomic mass is 10.0. The first kappa shape index (κ1) is 13.6. The number of hydrogen-bond donors (Lipinski definition) is 1. The van der Waals surface area contributed by atoms with Crippen LogP contribution in [0.4, 0.5) is 0 Å². The summed E-state index contributed by atoms with van der Waals surface area (Å²) in [5.74, 6) is 0.571. The van der Waals surface area contributed by atoms with Gasteiger partial charge in [-0.3, -0.25) is 9.79 Å². The predicted molar refractivity (Wildman–Crippen MR) is 75.3 cm³/mol. The Balaban J connectivity index is 1.92. The molecule has 1 aliphatic rings. The number of aliphatic hydroxyl groups is 1. The number of carbonyl (C=O) groups excluding carboxylic acids is 1. The Morgan fingerprint density at radius 1 is 1.50 bits per heavy atom. The highest BCUT2D eigenvalue weighted by Gasteiger charge is 2.34. The Bertz CT molecular complexity index is 470. The average Bonchev–Trinajstić information content (AvgIpc) is 2.33. The molecule has 5 heteroatoms. The highest BCUT2D eigenvalue weighted by Crippen LogP contribution is 2.26. The zero-order valence-electron chi connectivity index (χ0n) is 9.97. The van der Waals surface area contributed by atoms with Crippen molar-refractivity contribution in [3.05, 3.63) is 34.9 Å². The van der Waals surface area contributed by atoms with Gasteiger partial charge in [0.05, 0.1) is 0 Å². The second kappa shape index (κ2) is 5.43. The van der Waals surface area contributed by atoms with Gasteiger partial charge < -0.3 is 5.11 Å². The third-order valence-corrected chi connectivity index (χ3v) is 4.25. The Morgan fingerprint density at radius 2 is 2.17 bits per heavy atom. The first-order chi connectivity index (χ1) is 8.47. The average molecular weight is 284 g/mol. The number of benzene rings is 1. The molecule has 0 saturated heterocycles. The van der Waals surface area contributed by atoms with Crippen molar-refractivity contribution in [2.45, 2.75) is 30.1 Å². The van der Waals surface area contributed by atoms with Gasteiger partial charge in [-0.25, -0.2) is 0 Å². The fourth-order valence-electron chi connectivity index (χ4n) is 1.61. The molecule has 0 aromatic heterocycles. The van der Waals surface area contributed by atoms with Crippen molar-refractivity contribution in [3.8, 4) is 0 Å². The van der Waals surface area contributed by atoms with E-state index in [-0.39, 0.29) is 11.0 Å². The van der Waals surface area contributed by atoms with Crippen LogP contribution >= 0.6 is 23.4 Å². The summed E-state index contributed by atoms with van der Waals surface area (Å²) in [5.41, 5.74) is -0.375. The second-order valence-electron chi connectivity index (χ2n) is 4.40. The Morgan fingerprint density at radius 3 is 2.78 bits per heavy atom. The monoisotopic (exact) mass is 283 g/mol. The first-order valence-electron chi connectivity index (χ1n) is 5.64. The van der Waals surface area contributed by atoms with Gasteiger partial charge in [-0.15, -0.1) is 11.8 Å². The van der Waals surface area contributed by atoms with Gasteiger partial charge in [-0.1, -0.05) is 23.7 Å². The molecule has 0 spiro atoms. The molecule has 2 unspecified atom stereocenters. The highest BCUT2D eigenvalue weighted by atomic mass is 35.5. The van der Waals surface area contributed by atoms with E-state index in [0.29, 0.717) is 11.4 Å². The third kappa shape index (κ3) is 3.34. The maximum Gasteiger partial charge on any atom is 0.212 e. The quantitative estimate of drug-likeness (QED) is 0.928. The molecule has 0 aliphatic carbocycles. The summed E-state index contributed by atoms with van der Waals surface area (Å²) in [6.45, 7) is 1.42. The summed E-state index contributed by atoms with van der Waals surface area (Å²) >= 11 is 7.45. The number of ketones is 1. The van der Waals surface area contributed by atoms with E-state index in [1.807, 2.05) is 24.3 Å². The maximum atomic E-state index is 11.6. The van der Waals surface area contributed by atoms with Crippen molar-refractivity contribution in [1.82, 2.24) is 0 Å². The minimum atomic E-state index is -1.53. The summed E-state index contributed by atoms with van der Waals surface area (Å²) in [7, 11) is 0. The third-order valence-electron chi connectivity index (χ3n) is 2.78. The second-order valence-corrected chi connectivity index (χ2v) is 6.07. The molecular formula is C13H14ClNO2S. The molecule has 1 aromatic rings. The molecule has 2 atom stereocenters. The fourth-order valence-corrected chi connectivity index (χ4v) is 2.76. The topological polar surface area (TPSA) is 49.7 Å². The molecule has 1 aliphatic heterocycles. The van der Waals surface area contributed by atoms with Gasteiger partial charge >= 0.3 is 0 Å². The van der Waals surface area contributed by atoms with Gasteiger partial charge in [0, 0.05) is 28.7 Å². The van der Waals surface area contributed by atoms with E-state index in [0.717, 1.165) is 11.3 Å². The van der Waals surface area contributed by atoms with Gasteiger partial charge in [-0.2, -0.15) is 0 Å². The number of carbonyl (C=O) groups is 1. The van der Waals surface area contributed by atoms with Crippen LogP contribution < -0.4 is 0 Å². The van der Waals surface area contributed by atoms with Crippen LogP contribution in [-0.2, 0) is 10.5 Å². The summed E-state index contributed by atoms with van der Waals surface area (Å²) in [6, 6.07) is 7.63. The molecular weight excluding hydrogens is 270 g/mol. The molecule has 3 nitrogen and oxygen atoms in total. The van der Waals surface area contributed by atoms with Crippen LogP contribution in [0.15, 0.2) is 29.3 Å². The smallest absolute Gasteiger partial charge is 0.212 e. The number of aliphatic imine (C=N–C) groups is 1. The maximum absolute atomic E-state index is 11.6. The molecule has 2 rings (SSSR count). The van der Waals surface area contributed by atoms with E-state index in [9.17, 15) is 9.90 Å². The van der Waals surface area contributed by atoms with Gasteiger partial charge in [-0.05, 0) is 24.6 Å². The van der Waals surface area contributed by atoms with Crippen LogP contribution in [0.25, 0.3) is 0 Å². The minimum Gasteiger partial charge on any atom is -0.363 e. The SMILES string of the molecule is CC1(O)N=CC(SCc2ccc(Cl)cc2)CC1=O. The molecule has 0 fully saturated rings. The van der Waals surface area contributed by atoms with Crippen molar-refractivity contribution in [2.75, 3.05) is 0 Å². The number of thioether (sulfide) groups is 1. The Hall–Kier alpha value is -0.840. The lowest BCUT2D eigenvalue weighted by Gasteiger charge is -2.24. The van der Waals surface area contributed by atoms with Crippen LogP contribution in [0, 0.1) is 0 Å². The Labute approximate surface area is 115 Å². The minimum absolute atomic E-state index is 0.0356. The predicted octanol–water partition coefficient (Wildman–Crippen LogP) is 2.69.